The number of hydrogen-bond acceptors (Lipinski definition) is 0. The van der Waals surface area contributed by atoms with Crippen LogP contribution >= 0.6 is 0 Å². The second-order valence-electron chi connectivity index (χ2n) is 4.20. The van der Waals surface area contributed by atoms with Gasteiger partial charge in [-0.3, -0.25) is 0 Å². The van der Waals surface area contributed by atoms with Crippen LogP contribution in [0, 0.1) is 23.4 Å². The normalized spacial score (nSPS) is 14.9. The highest BCUT2D eigenvalue weighted by molar-refractivity contribution is 5.23. The third-order valence-electron chi connectivity index (χ3n) is 3.20. The van der Waals surface area contributed by atoms with Crippen molar-refractivity contribution in [2.75, 3.05) is 0 Å². The number of benzene rings is 1. The molecule has 0 fully saturated rings. The van der Waals surface area contributed by atoms with Crippen molar-refractivity contribution in [2.24, 2.45) is 5.92 Å². The van der Waals surface area contributed by atoms with E-state index in [0.717, 1.165) is 25.0 Å². The third-order valence-corrected chi connectivity index (χ3v) is 3.20. The molecule has 0 heterocycles. The van der Waals surface area contributed by atoms with Gasteiger partial charge in [-0.15, -0.1) is 0 Å². The van der Waals surface area contributed by atoms with Gasteiger partial charge in [0.15, 0.2) is 17.5 Å². The molecule has 0 spiro atoms. The SMILES string of the molecule is CCC(C)C(CC)c1cc(F)c(F)c(F)c1. The zero-order valence-electron chi connectivity index (χ0n) is 9.86. The van der Waals surface area contributed by atoms with Gasteiger partial charge in [-0.25, -0.2) is 13.2 Å². The maximum absolute atomic E-state index is 13.1. The molecule has 1 aromatic rings. The predicted octanol–water partition coefficient (Wildman–Crippen LogP) is 4.64. The lowest BCUT2D eigenvalue weighted by atomic mass is 9.83. The molecule has 0 aliphatic carbocycles. The average Bonchev–Trinajstić information content (AvgIpc) is 2.26. The fourth-order valence-corrected chi connectivity index (χ4v) is 2.04. The van der Waals surface area contributed by atoms with Crippen LogP contribution in [0.1, 0.15) is 45.1 Å². The lowest BCUT2D eigenvalue weighted by Crippen LogP contribution is -2.09. The van der Waals surface area contributed by atoms with Crippen molar-refractivity contribution >= 4 is 0 Å². The minimum atomic E-state index is -1.39. The van der Waals surface area contributed by atoms with Gasteiger partial charge in [-0.2, -0.15) is 0 Å². The van der Waals surface area contributed by atoms with E-state index in [0.29, 0.717) is 11.5 Å². The van der Waals surface area contributed by atoms with Gasteiger partial charge in [0.05, 0.1) is 0 Å². The fraction of sp³-hybridized carbons (Fsp3) is 0.538. The molecule has 2 unspecified atom stereocenters. The molecule has 1 aromatic carbocycles. The van der Waals surface area contributed by atoms with Crippen LogP contribution < -0.4 is 0 Å². The van der Waals surface area contributed by atoms with Crippen LogP contribution in [0.4, 0.5) is 13.2 Å². The lowest BCUT2D eigenvalue weighted by Gasteiger charge is -2.22. The van der Waals surface area contributed by atoms with Gasteiger partial charge >= 0.3 is 0 Å². The fourth-order valence-electron chi connectivity index (χ4n) is 2.04. The Labute approximate surface area is 94.5 Å². The summed E-state index contributed by atoms with van der Waals surface area (Å²) in [4.78, 5) is 0. The standard InChI is InChI=1S/C13H17F3/c1-4-8(3)10(5-2)9-6-11(14)13(16)12(15)7-9/h6-8,10H,4-5H2,1-3H3. The van der Waals surface area contributed by atoms with Gasteiger partial charge in [-0.05, 0) is 36.0 Å². The van der Waals surface area contributed by atoms with E-state index in [1.165, 1.54) is 0 Å². The summed E-state index contributed by atoms with van der Waals surface area (Å²) >= 11 is 0. The first kappa shape index (κ1) is 13.1. The van der Waals surface area contributed by atoms with Crippen molar-refractivity contribution in [1.82, 2.24) is 0 Å². The van der Waals surface area contributed by atoms with Crippen molar-refractivity contribution in [3.8, 4) is 0 Å². The van der Waals surface area contributed by atoms with Crippen LogP contribution in [0.3, 0.4) is 0 Å². The van der Waals surface area contributed by atoms with Crippen molar-refractivity contribution in [3.63, 3.8) is 0 Å². The van der Waals surface area contributed by atoms with E-state index in [2.05, 4.69) is 0 Å². The number of halogens is 3. The molecular weight excluding hydrogens is 213 g/mol. The van der Waals surface area contributed by atoms with Gasteiger partial charge in [0.1, 0.15) is 0 Å². The predicted molar refractivity (Wildman–Crippen MR) is 58.8 cm³/mol. The molecule has 0 amide bonds. The van der Waals surface area contributed by atoms with E-state index in [1.807, 2.05) is 20.8 Å². The zero-order valence-corrected chi connectivity index (χ0v) is 9.86. The molecule has 0 nitrogen and oxygen atoms in total. The molecule has 1 rings (SSSR count). The van der Waals surface area contributed by atoms with Crippen molar-refractivity contribution in [1.29, 1.82) is 0 Å². The summed E-state index contributed by atoms with van der Waals surface area (Å²) in [6.07, 6.45) is 1.72. The Balaban J connectivity index is 3.11. The molecule has 0 saturated carbocycles. The summed E-state index contributed by atoms with van der Waals surface area (Å²) in [6.45, 7) is 6.03. The molecule has 90 valence electrons. The second-order valence-corrected chi connectivity index (χ2v) is 4.20. The van der Waals surface area contributed by atoms with Crippen LogP contribution in [-0.4, -0.2) is 0 Å². The van der Waals surface area contributed by atoms with E-state index in [-0.39, 0.29) is 5.92 Å². The van der Waals surface area contributed by atoms with Crippen molar-refractivity contribution < 1.29 is 13.2 Å². The third kappa shape index (κ3) is 2.57. The monoisotopic (exact) mass is 230 g/mol. The summed E-state index contributed by atoms with van der Waals surface area (Å²) in [5.41, 5.74) is 0.549. The van der Waals surface area contributed by atoms with E-state index in [4.69, 9.17) is 0 Å². The topological polar surface area (TPSA) is 0 Å². The van der Waals surface area contributed by atoms with Crippen LogP contribution in [0.2, 0.25) is 0 Å². The molecule has 0 radical (unpaired) electrons. The molecule has 16 heavy (non-hydrogen) atoms. The quantitative estimate of drug-likeness (QED) is 0.661. The van der Waals surface area contributed by atoms with Crippen LogP contribution in [0.25, 0.3) is 0 Å². The Morgan fingerprint density at radius 1 is 1.00 bits per heavy atom. The smallest absolute Gasteiger partial charge is 0.194 e. The molecule has 0 aliphatic rings. The molecule has 0 N–H and O–H groups in total. The molecule has 0 aliphatic heterocycles. The molecule has 2 atom stereocenters. The Morgan fingerprint density at radius 3 is 1.88 bits per heavy atom. The highest BCUT2D eigenvalue weighted by Gasteiger charge is 2.20. The van der Waals surface area contributed by atoms with Gasteiger partial charge in [0.2, 0.25) is 0 Å². The van der Waals surface area contributed by atoms with Crippen LogP contribution in [0.5, 0.6) is 0 Å². The van der Waals surface area contributed by atoms with Gasteiger partial charge in [0, 0.05) is 0 Å². The van der Waals surface area contributed by atoms with Crippen LogP contribution in [-0.2, 0) is 0 Å². The first-order valence-corrected chi connectivity index (χ1v) is 5.65. The lowest BCUT2D eigenvalue weighted by molar-refractivity contribution is 0.415. The Hall–Kier alpha value is -0.990. The van der Waals surface area contributed by atoms with E-state index < -0.39 is 17.5 Å². The van der Waals surface area contributed by atoms with E-state index in [1.54, 1.807) is 0 Å². The van der Waals surface area contributed by atoms with E-state index >= 15 is 0 Å². The summed E-state index contributed by atoms with van der Waals surface area (Å²) in [5, 5.41) is 0. The van der Waals surface area contributed by atoms with Gasteiger partial charge in [0.25, 0.3) is 0 Å². The average molecular weight is 230 g/mol. The summed E-state index contributed by atoms with van der Waals surface area (Å²) in [6, 6.07) is 2.22. The van der Waals surface area contributed by atoms with Gasteiger partial charge < -0.3 is 0 Å². The van der Waals surface area contributed by atoms with Crippen molar-refractivity contribution in [2.45, 2.75) is 39.5 Å². The summed E-state index contributed by atoms with van der Waals surface area (Å²) in [5.74, 6) is -3.18. The Bertz CT molecular complexity index is 337. The minimum Gasteiger partial charge on any atom is -0.204 e. The Kier molecular flexibility index (Phi) is 4.39. The second kappa shape index (κ2) is 5.37. The first-order chi connectivity index (χ1) is 7.51. The number of rotatable bonds is 4. The molecule has 0 bridgehead atoms. The Morgan fingerprint density at radius 2 is 1.50 bits per heavy atom. The molecule has 3 heteroatoms. The maximum Gasteiger partial charge on any atom is 0.194 e. The van der Waals surface area contributed by atoms with Crippen LogP contribution in [0.15, 0.2) is 12.1 Å². The molecular formula is C13H17F3. The highest BCUT2D eigenvalue weighted by atomic mass is 19.2. The molecule has 0 aromatic heterocycles. The number of hydrogen-bond donors (Lipinski definition) is 0. The van der Waals surface area contributed by atoms with Crippen molar-refractivity contribution in [3.05, 3.63) is 35.1 Å². The van der Waals surface area contributed by atoms with E-state index in [9.17, 15) is 13.2 Å². The minimum absolute atomic E-state index is 0.0783. The highest BCUT2D eigenvalue weighted by Crippen LogP contribution is 2.31. The zero-order chi connectivity index (χ0) is 12.3. The van der Waals surface area contributed by atoms with Gasteiger partial charge in [-0.1, -0.05) is 27.2 Å². The summed E-state index contributed by atoms with van der Waals surface area (Å²) in [7, 11) is 0. The maximum atomic E-state index is 13.1. The first-order valence-electron chi connectivity index (χ1n) is 5.65. The summed E-state index contributed by atoms with van der Waals surface area (Å²) < 4.78 is 39.0. The molecule has 0 saturated heterocycles. The largest absolute Gasteiger partial charge is 0.204 e.